The first kappa shape index (κ1) is 24.0. The summed E-state index contributed by atoms with van der Waals surface area (Å²) in [6.45, 7) is 4.38. The highest BCUT2D eigenvalue weighted by Crippen LogP contribution is 2.27. The Morgan fingerprint density at radius 3 is 1.21 bits per heavy atom. The lowest BCUT2D eigenvalue weighted by atomic mass is 9.99. The van der Waals surface area contributed by atoms with E-state index in [1.807, 2.05) is 36.4 Å². The molecule has 0 saturated heterocycles. The second kappa shape index (κ2) is 9.90. The number of carbonyl (C=O) groups is 2. The second-order valence-corrected chi connectivity index (χ2v) is 7.78. The molecule has 0 radical (unpaired) electrons. The molecule has 0 aromatic heterocycles. The van der Waals surface area contributed by atoms with Crippen LogP contribution in [0.3, 0.4) is 0 Å². The highest BCUT2D eigenvalue weighted by atomic mass is 19.4. The lowest BCUT2D eigenvalue weighted by Gasteiger charge is -2.16. The van der Waals surface area contributed by atoms with E-state index in [1.165, 1.54) is 12.1 Å². The number of rotatable bonds is 6. The Hall–Kier alpha value is -3.61. The number of carbonyl (C=O) groups excluding carboxylic acids is 2. The van der Waals surface area contributed by atoms with Gasteiger partial charge >= 0.3 is 18.1 Å². The summed E-state index contributed by atoms with van der Waals surface area (Å²) in [5.74, 6) is -1.39. The maximum Gasteiger partial charge on any atom is 0.425 e. The van der Waals surface area contributed by atoms with E-state index in [4.69, 9.17) is 4.74 Å². The molecule has 3 aromatic rings. The van der Waals surface area contributed by atoms with Gasteiger partial charge in [-0.15, -0.1) is 0 Å². The van der Waals surface area contributed by atoms with Gasteiger partial charge in [0.2, 0.25) is 0 Å². The second-order valence-electron chi connectivity index (χ2n) is 7.78. The zero-order valence-electron chi connectivity index (χ0n) is 18.3. The number of ether oxygens (including phenoxy) is 2. The molecule has 0 unspecified atom stereocenters. The number of benzene rings is 3. The van der Waals surface area contributed by atoms with Gasteiger partial charge in [-0.05, 0) is 67.3 Å². The third kappa shape index (κ3) is 6.22. The van der Waals surface area contributed by atoms with Crippen molar-refractivity contribution in [2.75, 3.05) is 0 Å². The Bertz CT molecular complexity index is 1100. The summed E-state index contributed by atoms with van der Waals surface area (Å²) in [7, 11) is 0. The zero-order valence-corrected chi connectivity index (χ0v) is 18.3. The lowest BCUT2D eigenvalue weighted by Crippen LogP contribution is -2.30. The van der Waals surface area contributed by atoms with Crippen LogP contribution in [0.15, 0.2) is 72.8 Å². The van der Waals surface area contributed by atoms with Gasteiger partial charge < -0.3 is 9.47 Å². The molecular weight excluding hydrogens is 433 g/mol. The van der Waals surface area contributed by atoms with Crippen molar-refractivity contribution in [2.24, 2.45) is 0 Å². The third-order valence-electron chi connectivity index (χ3n) is 4.88. The summed E-state index contributed by atoms with van der Waals surface area (Å²) in [5, 5.41) is 0. The predicted octanol–water partition coefficient (Wildman–Crippen LogP) is 6.69. The van der Waals surface area contributed by atoms with Crippen molar-refractivity contribution in [1.82, 2.24) is 0 Å². The van der Waals surface area contributed by atoms with Crippen LogP contribution in [0.4, 0.5) is 13.2 Å². The molecule has 0 saturated carbocycles. The molecule has 0 bridgehead atoms. The van der Waals surface area contributed by atoms with Crippen molar-refractivity contribution in [2.45, 2.75) is 39.2 Å². The van der Waals surface area contributed by atoms with Gasteiger partial charge in [-0.25, -0.2) is 9.59 Å². The first-order chi connectivity index (χ1) is 15.5. The van der Waals surface area contributed by atoms with Crippen LogP contribution in [0.5, 0.6) is 0 Å². The summed E-state index contributed by atoms with van der Waals surface area (Å²) in [5.41, 5.74) is 4.08. The first-order valence-corrected chi connectivity index (χ1v) is 10.3. The van der Waals surface area contributed by atoms with Gasteiger partial charge in [0.15, 0.2) is 6.10 Å². The molecule has 0 spiro atoms. The highest BCUT2D eigenvalue weighted by Gasteiger charge is 2.39. The Morgan fingerprint density at radius 1 is 0.606 bits per heavy atom. The van der Waals surface area contributed by atoms with Gasteiger partial charge in [0.1, 0.15) is 0 Å². The average molecular weight is 456 g/mol. The van der Waals surface area contributed by atoms with Gasteiger partial charge in [-0.2, -0.15) is 13.2 Å². The molecule has 0 aliphatic heterocycles. The average Bonchev–Trinajstić information content (AvgIpc) is 2.78. The lowest BCUT2D eigenvalue weighted by molar-refractivity contribution is -0.198. The summed E-state index contributed by atoms with van der Waals surface area (Å²) in [4.78, 5) is 23.9. The number of halogens is 3. The van der Waals surface area contributed by atoms with Crippen LogP contribution < -0.4 is 0 Å². The van der Waals surface area contributed by atoms with Crippen LogP contribution in [0, 0.1) is 0 Å². The van der Waals surface area contributed by atoms with Gasteiger partial charge in [-0.3, -0.25) is 0 Å². The predicted molar refractivity (Wildman–Crippen MR) is 119 cm³/mol. The molecule has 172 valence electrons. The summed E-state index contributed by atoms with van der Waals surface area (Å²) in [6.07, 6.45) is -6.96. The fourth-order valence-electron chi connectivity index (χ4n) is 3.03. The summed E-state index contributed by atoms with van der Waals surface area (Å²) < 4.78 is 47.4. The topological polar surface area (TPSA) is 52.6 Å². The maximum absolute atomic E-state index is 12.6. The highest BCUT2D eigenvalue weighted by molar-refractivity contribution is 5.91. The van der Waals surface area contributed by atoms with Crippen LogP contribution in [-0.2, 0) is 9.47 Å². The Kier molecular flexibility index (Phi) is 7.21. The zero-order chi connectivity index (χ0) is 24.2. The van der Waals surface area contributed by atoms with Crippen LogP contribution in [0.1, 0.15) is 41.5 Å². The van der Waals surface area contributed by atoms with Crippen molar-refractivity contribution in [3.05, 3.63) is 83.9 Å². The molecule has 7 heteroatoms. The third-order valence-corrected chi connectivity index (χ3v) is 4.88. The molecular formula is C26H23F3O4. The van der Waals surface area contributed by atoms with Crippen LogP contribution in [0.2, 0.25) is 0 Å². The van der Waals surface area contributed by atoms with Gasteiger partial charge in [0.25, 0.3) is 0 Å². The minimum Gasteiger partial charge on any atom is -0.459 e. The van der Waals surface area contributed by atoms with E-state index in [2.05, 4.69) is 4.74 Å². The molecule has 0 aliphatic rings. The molecule has 1 atom stereocenters. The van der Waals surface area contributed by atoms with E-state index in [-0.39, 0.29) is 17.6 Å². The van der Waals surface area contributed by atoms with E-state index in [0.29, 0.717) is 5.56 Å². The SMILES string of the molecule is CC(C)OC(=O)c1ccc(-c2ccc(-c3ccc(C(=O)O[C@H](C)C(F)(F)F)cc3)cc2)cc1. The molecule has 0 heterocycles. The normalized spacial score (nSPS) is 12.3. The molecule has 3 aromatic carbocycles. The molecule has 0 N–H and O–H groups in total. The number of esters is 2. The van der Waals surface area contributed by atoms with E-state index in [9.17, 15) is 22.8 Å². The summed E-state index contributed by atoms with van der Waals surface area (Å²) in [6, 6.07) is 20.9. The molecule has 3 rings (SSSR count). The molecule has 0 fully saturated rings. The Morgan fingerprint density at radius 2 is 0.909 bits per heavy atom. The monoisotopic (exact) mass is 456 g/mol. The smallest absolute Gasteiger partial charge is 0.425 e. The standard InChI is InChI=1S/C26H23F3O4/c1-16(2)32-24(30)22-12-8-20(9-13-22)18-4-6-19(7-5-18)21-10-14-23(15-11-21)25(31)33-17(3)26(27,28)29/h4-17H,1-3H3/t17-/m1/s1. The molecule has 4 nitrogen and oxygen atoms in total. The quantitative estimate of drug-likeness (QED) is 0.388. The van der Waals surface area contributed by atoms with Gasteiger partial charge in [0.05, 0.1) is 17.2 Å². The van der Waals surface area contributed by atoms with E-state index in [0.717, 1.165) is 29.2 Å². The number of hydrogen-bond acceptors (Lipinski definition) is 4. The molecule has 0 aliphatic carbocycles. The van der Waals surface area contributed by atoms with Crippen molar-refractivity contribution in [1.29, 1.82) is 0 Å². The van der Waals surface area contributed by atoms with Crippen LogP contribution in [0.25, 0.3) is 22.3 Å². The van der Waals surface area contributed by atoms with Crippen LogP contribution >= 0.6 is 0 Å². The van der Waals surface area contributed by atoms with Crippen molar-refractivity contribution < 1.29 is 32.2 Å². The van der Waals surface area contributed by atoms with Crippen molar-refractivity contribution >= 4 is 11.9 Å². The minimum absolute atomic E-state index is 0.0440. The molecule has 0 amide bonds. The van der Waals surface area contributed by atoms with E-state index < -0.39 is 18.2 Å². The first-order valence-electron chi connectivity index (χ1n) is 10.3. The van der Waals surface area contributed by atoms with E-state index >= 15 is 0 Å². The molecule has 33 heavy (non-hydrogen) atoms. The fraction of sp³-hybridized carbons (Fsp3) is 0.231. The van der Waals surface area contributed by atoms with Crippen molar-refractivity contribution in [3.8, 4) is 22.3 Å². The largest absolute Gasteiger partial charge is 0.459 e. The fourth-order valence-corrected chi connectivity index (χ4v) is 3.03. The van der Waals surface area contributed by atoms with Crippen LogP contribution in [-0.4, -0.2) is 30.3 Å². The minimum atomic E-state index is -4.60. The number of alkyl halides is 3. The Balaban J connectivity index is 1.69. The maximum atomic E-state index is 12.6. The van der Waals surface area contributed by atoms with Gasteiger partial charge in [-0.1, -0.05) is 48.5 Å². The number of hydrogen-bond donors (Lipinski definition) is 0. The van der Waals surface area contributed by atoms with Gasteiger partial charge in [0, 0.05) is 0 Å². The van der Waals surface area contributed by atoms with E-state index in [1.54, 1.807) is 38.1 Å². The summed E-state index contributed by atoms with van der Waals surface area (Å²) >= 11 is 0. The van der Waals surface area contributed by atoms with Crippen molar-refractivity contribution in [3.63, 3.8) is 0 Å². The Labute approximate surface area is 190 Å².